The molecule has 1 aromatic carbocycles. The van der Waals surface area contributed by atoms with Crippen LogP contribution in [0.1, 0.15) is 6.42 Å². The zero-order valence-corrected chi connectivity index (χ0v) is 12.6. The molecule has 0 unspecified atom stereocenters. The number of halogens is 2. The fraction of sp³-hybridized carbons (Fsp3) is 0.364. The van der Waals surface area contributed by atoms with Crippen LogP contribution in [0.2, 0.25) is 10.0 Å². The molecule has 0 aliphatic rings. The summed E-state index contributed by atoms with van der Waals surface area (Å²) in [5.41, 5.74) is 0.651. The van der Waals surface area contributed by atoms with E-state index in [2.05, 4.69) is 16.9 Å². The van der Waals surface area contributed by atoms with Crippen molar-refractivity contribution in [1.29, 1.82) is 0 Å². The number of para-hydroxylation sites is 1. The molecular formula is C11H14Cl2N2S2. The third-order valence-corrected chi connectivity index (χ3v) is 3.59. The second-order valence-electron chi connectivity index (χ2n) is 3.32. The Bertz CT molecular complexity index is 365. The average molecular weight is 309 g/mol. The number of hydrogen-bond acceptors (Lipinski definition) is 2. The molecule has 0 bridgehead atoms. The quantitative estimate of drug-likeness (QED) is 0.633. The Hall–Kier alpha value is -0.160. The Kier molecular flexibility index (Phi) is 7.04. The SMILES string of the molecule is CSCCCNC(=S)Nc1c(Cl)cccc1Cl. The lowest BCUT2D eigenvalue weighted by Crippen LogP contribution is -2.29. The topological polar surface area (TPSA) is 24.1 Å². The molecule has 1 aromatic rings. The molecule has 2 N–H and O–H groups in total. The highest BCUT2D eigenvalue weighted by atomic mass is 35.5. The molecule has 6 heteroatoms. The van der Waals surface area contributed by atoms with Gasteiger partial charge < -0.3 is 10.6 Å². The largest absolute Gasteiger partial charge is 0.362 e. The Morgan fingerprint density at radius 2 is 2.00 bits per heavy atom. The first kappa shape index (κ1) is 14.9. The van der Waals surface area contributed by atoms with Gasteiger partial charge in [0, 0.05) is 6.54 Å². The van der Waals surface area contributed by atoms with Gasteiger partial charge in [0.05, 0.1) is 15.7 Å². The lowest BCUT2D eigenvalue weighted by molar-refractivity contribution is 0.855. The van der Waals surface area contributed by atoms with E-state index in [0.717, 1.165) is 18.7 Å². The predicted octanol–water partition coefficient (Wildman–Crippen LogP) is 4.03. The maximum Gasteiger partial charge on any atom is 0.170 e. The third kappa shape index (κ3) is 5.34. The minimum Gasteiger partial charge on any atom is -0.362 e. The zero-order chi connectivity index (χ0) is 12.7. The van der Waals surface area contributed by atoms with Gasteiger partial charge in [-0.15, -0.1) is 0 Å². The first-order valence-corrected chi connectivity index (χ1v) is 7.68. The fourth-order valence-corrected chi connectivity index (χ4v) is 2.32. The van der Waals surface area contributed by atoms with E-state index in [1.54, 1.807) is 18.2 Å². The van der Waals surface area contributed by atoms with Crippen LogP contribution in [0.5, 0.6) is 0 Å². The number of thiocarbonyl (C=S) groups is 1. The summed E-state index contributed by atoms with van der Waals surface area (Å²) < 4.78 is 0. The van der Waals surface area contributed by atoms with Crippen LogP contribution in [-0.4, -0.2) is 23.7 Å². The van der Waals surface area contributed by atoms with Crippen LogP contribution < -0.4 is 10.6 Å². The molecule has 94 valence electrons. The standard InChI is InChI=1S/C11H14Cl2N2S2/c1-17-7-3-6-14-11(16)15-10-8(12)4-2-5-9(10)13/h2,4-5H,3,6-7H2,1H3,(H2,14,15,16). The van der Waals surface area contributed by atoms with Gasteiger partial charge in [-0.1, -0.05) is 29.3 Å². The normalized spacial score (nSPS) is 10.1. The van der Waals surface area contributed by atoms with Crippen molar-refractivity contribution in [2.24, 2.45) is 0 Å². The summed E-state index contributed by atoms with van der Waals surface area (Å²) in [6.07, 6.45) is 3.15. The van der Waals surface area contributed by atoms with Crippen LogP contribution in [-0.2, 0) is 0 Å². The summed E-state index contributed by atoms with van der Waals surface area (Å²) in [5.74, 6) is 1.11. The van der Waals surface area contributed by atoms with E-state index >= 15 is 0 Å². The predicted molar refractivity (Wildman–Crippen MR) is 83.7 cm³/mol. The van der Waals surface area contributed by atoms with Crippen LogP contribution in [0.25, 0.3) is 0 Å². The van der Waals surface area contributed by atoms with E-state index in [1.165, 1.54) is 0 Å². The minimum absolute atomic E-state index is 0.543. The van der Waals surface area contributed by atoms with Crippen molar-refractivity contribution in [2.45, 2.75) is 6.42 Å². The summed E-state index contributed by atoms with van der Waals surface area (Å²) in [4.78, 5) is 0. The van der Waals surface area contributed by atoms with E-state index in [4.69, 9.17) is 35.4 Å². The van der Waals surface area contributed by atoms with Gasteiger partial charge in [0.25, 0.3) is 0 Å². The molecule has 0 aromatic heterocycles. The fourth-order valence-electron chi connectivity index (χ4n) is 1.19. The van der Waals surface area contributed by atoms with Gasteiger partial charge >= 0.3 is 0 Å². The first-order chi connectivity index (χ1) is 8.15. The molecule has 0 radical (unpaired) electrons. The summed E-state index contributed by atoms with van der Waals surface area (Å²) in [5, 5.41) is 7.78. The highest BCUT2D eigenvalue weighted by molar-refractivity contribution is 7.98. The Balaban J connectivity index is 2.45. The summed E-state index contributed by atoms with van der Waals surface area (Å²) in [6.45, 7) is 0.842. The summed E-state index contributed by atoms with van der Waals surface area (Å²) >= 11 is 19.0. The highest BCUT2D eigenvalue weighted by Crippen LogP contribution is 2.29. The Morgan fingerprint density at radius 3 is 2.59 bits per heavy atom. The molecule has 0 heterocycles. The number of benzene rings is 1. The van der Waals surface area contributed by atoms with Crippen molar-refractivity contribution in [2.75, 3.05) is 23.9 Å². The molecule has 0 aliphatic carbocycles. The minimum atomic E-state index is 0.543. The van der Waals surface area contributed by atoms with Crippen molar-refractivity contribution in [3.63, 3.8) is 0 Å². The van der Waals surface area contributed by atoms with Gasteiger partial charge in [0.2, 0.25) is 0 Å². The lowest BCUT2D eigenvalue weighted by Gasteiger charge is -2.12. The number of hydrogen-bond donors (Lipinski definition) is 2. The molecule has 1 rings (SSSR count). The van der Waals surface area contributed by atoms with E-state index in [9.17, 15) is 0 Å². The van der Waals surface area contributed by atoms with Gasteiger partial charge in [-0.3, -0.25) is 0 Å². The van der Waals surface area contributed by atoms with E-state index < -0.39 is 0 Å². The van der Waals surface area contributed by atoms with Gasteiger partial charge in [0.1, 0.15) is 0 Å². The molecule has 0 saturated heterocycles. The van der Waals surface area contributed by atoms with Crippen molar-refractivity contribution >= 4 is 58.0 Å². The van der Waals surface area contributed by atoms with Gasteiger partial charge in [-0.2, -0.15) is 11.8 Å². The first-order valence-electron chi connectivity index (χ1n) is 5.13. The second-order valence-corrected chi connectivity index (χ2v) is 5.53. The third-order valence-electron chi connectivity index (χ3n) is 2.01. The van der Waals surface area contributed by atoms with Gasteiger partial charge in [0.15, 0.2) is 5.11 Å². The van der Waals surface area contributed by atoms with Crippen molar-refractivity contribution in [3.8, 4) is 0 Å². The van der Waals surface area contributed by atoms with Crippen LogP contribution in [0, 0.1) is 0 Å². The molecular weight excluding hydrogens is 295 g/mol. The van der Waals surface area contributed by atoms with Crippen LogP contribution in [0.15, 0.2) is 18.2 Å². The van der Waals surface area contributed by atoms with Crippen molar-refractivity contribution < 1.29 is 0 Å². The molecule has 0 fully saturated rings. The maximum atomic E-state index is 6.02. The van der Waals surface area contributed by atoms with Crippen molar-refractivity contribution in [1.82, 2.24) is 5.32 Å². The molecule has 17 heavy (non-hydrogen) atoms. The molecule has 0 amide bonds. The summed E-state index contributed by atoms with van der Waals surface area (Å²) in [6, 6.07) is 5.34. The monoisotopic (exact) mass is 308 g/mol. The zero-order valence-electron chi connectivity index (χ0n) is 9.43. The summed E-state index contributed by atoms with van der Waals surface area (Å²) in [7, 11) is 0. The molecule has 0 atom stereocenters. The number of nitrogens with one attached hydrogen (secondary N) is 2. The molecule has 0 aliphatic heterocycles. The number of rotatable bonds is 5. The highest BCUT2D eigenvalue weighted by Gasteiger charge is 2.06. The second kappa shape index (κ2) is 8.03. The van der Waals surface area contributed by atoms with Gasteiger partial charge in [-0.25, -0.2) is 0 Å². The van der Waals surface area contributed by atoms with E-state index in [-0.39, 0.29) is 0 Å². The van der Waals surface area contributed by atoms with Crippen molar-refractivity contribution in [3.05, 3.63) is 28.2 Å². The number of anilines is 1. The van der Waals surface area contributed by atoms with Crippen LogP contribution >= 0.6 is 47.2 Å². The number of thioether (sulfide) groups is 1. The Morgan fingerprint density at radius 1 is 1.35 bits per heavy atom. The van der Waals surface area contributed by atoms with Crippen LogP contribution in [0.3, 0.4) is 0 Å². The van der Waals surface area contributed by atoms with Gasteiger partial charge in [-0.05, 0) is 42.8 Å². The lowest BCUT2D eigenvalue weighted by atomic mass is 10.3. The van der Waals surface area contributed by atoms with E-state index in [0.29, 0.717) is 20.8 Å². The Labute approximate surface area is 121 Å². The van der Waals surface area contributed by atoms with E-state index in [1.807, 2.05) is 11.8 Å². The molecule has 2 nitrogen and oxygen atoms in total. The van der Waals surface area contributed by atoms with Crippen LogP contribution in [0.4, 0.5) is 5.69 Å². The molecule has 0 saturated carbocycles. The average Bonchev–Trinajstić information content (AvgIpc) is 2.30. The smallest absolute Gasteiger partial charge is 0.170 e. The molecule has 0 spiro atoms. The maximum absolute atomic E-state index is 6.02.